The molecule has 1 N–H and O–H groups in total. The number of benzene rings is 1. The summed E-state index contributed by atoms with van der Waals surface area (Å²) in [5, 5.41) is 9.91. The smallest absolute Gasteiger partial charge is 0.126 e. The molecule has 2 unspecified atom stereocenters. The predicted octanol–water partition coefficient (Wildman–Crippen LogP) is 2.72. The summed E-state index contributed by atoms with van der Waals surface area (Å²) in [4.78, 5) is 4.71. The molecular weight excluding hydrogens is 255 g/mol. The van der Waals surface area contributed by atoms with Crippen LogP contribution in [-0.2, 0) is 0 Å². The summed E-state index contributed by atoms with van der Waals surface area (Å²) < 4.78 is 13.7. The zero-order valence-corrected chi connectivity index (χ0v) is 12.9. The minimum atomic E-state index is -0.653. The quantitative estimate of drug-likeness (QED) is 0.922. The molecule has 0 saturated carbocycles. The van der Waals surface area contributed by atoms with E-state index in [2.05, 4.69) is 23.6 Å². The Hall–Kier alpha value is -1.13. The molecule has 0 aromatic heterocycles. The maximum atomic E-state index is 13.7. The standard InChI is InChI=1S/C16H25FN2O/c1-5-18-6-7-19(10-12(18)3)16-8-11(2)15(17)9-14(16)13(4)20/h8-9,12-13,20H,5-7,10H2,1-4H3. The number of aliphatic hydroxyl groups is 1. The van der Waals surface area contributed by atoms with Crippen LogP contribution in [0.2, 0.25) is 0 Å². The molecule has 1 aromatic rings. The number of piperazine rings is 1. The second-order valence-corrected chi connectivity index (χ2v) is 5.76. The van der Waals surface area contributed by atoms with Gasteiger partial charge in [0.2, 0.25) is 0 Å². The molecule has 1 heterocycles. The molecule has 4 heteroatoms. The SMILES string of the molecule is CCN1CCN(c2cc(C)c(F)cc2C(C)O)CC1C. The molecule has 20 heavy (non-hydrogen) atoms. The van der Waals surface area contributed by atoms with Gasteiger partial charge in [-0.25, -0.2) is 4.39 Å². The van der Waals surface area contributed by atoms with Crippen LogP contribution in [0.15, 0.2) is 12.1 Å². The minimum Gasteiger partial charge on any atom is -0.389 e. The number of halogens is 1. The van der Waals surface area contributed by atoms with Crippen LogP contribution in [0.3, 0.4) is 0 Å². The number of aliphatic hydroxyl groups excluding tert-OH is 1. The molecule has 1 fully saturated rings. The molecule has 0 aliphatic carbocycles. The third kappa shape index (κ3) is 2.96. The van der Waals surface area contributed by atoms with Crippen LogP contribution in [0.1, 0.15) is 38.0 Å². The average molecular weight is 280 g/mol. The monoisotopic (exact) mass is 280 g/mol. The molecule has 0 bridgehead atoms. The van der Waals surface area contributed by atoms with Gasteiger partial charge in [0.25, 0.3) is 0 Å². The first-order valence-corrected chi connectivity index (χ1v) is 7.41. The number of nitrogens with zero attached hydrogens (tertiary/aromatic N) is 2. The third-order valence-electron chi connectivity index (χ3n) is 4.27. The van der Waals surface area contributed by atoms with Crippen LogP contribution >= 0.6 is 0 Å². The van der Waals surface area contributed by atoms with Crippen molar-refractivity contribution >= 4 is 5.69 Å². The highest BCUT2D eigenvalue weighted by Crippen LogP contribution is 2.30. The Morgan fingerprint density at radius 2 is 2.10 bits per heavy atom. The summed E-state index contributed by atoms with van der Waals surface area (Å²) >= 11 is 0. The van der Waals surface area contributed by atoms with E-state index < -0.39 is 6.10 Å². The van der Waals surface area contributed by atoms with Gasteiger partial charge in [0.15, 0.2) is 0 Å². The first-order valence-electron chi connectivity index (χ1n) is 7.41. The molecule has 0 radical (unpaired) electrons. The van der Waals surface area contributed by atoms with Crippen LogP contribution in [0.5, 0.6) is 0 Å². The Bertz CT molecular complexity index is 476. The fourth-order valence-electron chi connectivity index (χ4n) is 2.97. The number of likely N-dealkylation sites (N-methyl/N-ethyl adjacent to an activating group) is 1. The van der Waals surface area contributed by atoms with Gasteiger partial charge in [-0.2, -0.15) is 0 Å². The summed E-state index contributed by atoms with van der Waals surface area (Å²) in [6, 6.07) is 3.82. The summed E-state index contributed by atoms with van der Waals surface area (Å²) in [6.07, 6.45) is -0.653. The van der Waals surface area contributed by atoms with Gasteiger partial charge in [0.1, 0.15) is 5.82 Å². The van der Waals surface area contributed by atoms with Gasteiger partial charge >= 0.3 is 0 Å². The van der Waals surface area contributed by atoms with E-state index in [9.17, 15) is 9.50 Å². The molecule has 2 rings (SSSR count). The average Bonchev–Trinajstić information content (AvgIpc) is 2.41. The van der Waals surface area contributed by atoms with Crippen LogP contribution in [0, 0.1) is 12.7 Å². The Kier molecular flexibility index (Phi) is 4.66. The lowest BCUT2D eigenvalue weighted by molar-refractivity contribution is 0.191. The fourth-order valence-corrected chi connectivity index (χ4v) is 2.97. The van der Waals surface area contributed by atoms with Crippen molar-refractivity contribution in [2.75, 3.05) is 31.1 Å². The zero-order chi connectivity index (χ0) is 14.9. The first kappa shape index (κ1) is 15.3. The topological polar surface area (TPSA) is 26.7 Å². The highest BCUT2D eigenvalue weighted by Gasteiger charge is 2.25. The summed E-state index contributed by atoms with van der Waals surface area (Å²) in [5.41, 5.74) is 2.29. The van der Waals surface area contributed by atoms with Crippen LogP contribution < -0.4 is 4.90 Å². The van der Waals surface area contributed by atoms with E-state index in [1.54, 1.807) is 13.8 Å². The molecule has 2 atom stereocenters. The van der Waals surface area contributed by atoms with E-state index in [4.69, 9.17) is 0 Å². The molecule has 1 aromatic carbocycles. The second-order valence-electron chi connectivity index (χ2n) is 5.76. The first-order chi connectivity index (χ1) is 9.43. The number of hydrogen-bond donors (Lipinski definition) is 1. The number of anilines is 1. The van der Waals surface area contributed by atoms with Crippen molar-refractivity contribution in [2.24, 2.45) is 0 Å². The molecule has 0 spiro atoms. The van der Waals surface area contributed by atoms with Crippen LogP contribution in [-0.4, -0.2) is 42.2 Å². The molecule has 1 aliphatic rings. The van der Waals surface area contributed by atoms with Crippen molar-refractivity contribution in [3.8, 4) is 0 Å². The maximum absolute atomic E-state index is 13.7. The minimum absolute atomic E-state index is 0.245. The van der Waals surface area contributed by atoms with Gasteiger partial charge in [-0.15, -0.1) is 0 Å². The van der Waals surface area contributed by atoms with E-state index >= 15 is 0 Å². The van der Waals surface area contributed by atoms with Crippen molar-refractivity contribution in [1.29, 1.82) is 0 Å². The van der Waals surface area contributed by atoms with Gasteiger partial charge in [-0.05, 0) is 45.0 Å². The Balaban J connectivity index is 2.31. The van der Waals surface area contributed by atoms with Crippen molar-refractivity contribution in [3.05, 3.63) is 29.1 Å². The summed E-state index contributed by atoms with van der Waals surface area (Å²) in [7, 11) is 0. The van der Waals surface area contributed by atoms with Crippen molar-refractivity contribution in [1.82, 2.24) is 4.90 Å². The maximum Gasteiger partial charge on any atom is 0.126 e. The molecular formula is C16H25FN2O. The van der Waals surface area contributed by atoms with Gasteiger partial charge in [0.05, 0.1) is 6.10 Å². The van der Waals surface area contributed by atoms with E-state index in [1.807, 2.05) is 6.07 Å². The highest BCUT2D eigenvalue weighted by atomic mass is 19.1. The Morgan fingerprint density at radius 3 is 2.65 bits per heavy atom. The van der Waals surface area contributed by atoms with E-state index in [1.165, 1.54) is 6.07 Å². The second kappa shape index (κ2) is 6.10. The third-order valence-corrected chi connectivity index (χ3v) is 4.27. The predicted molar refractivity (Wildman–Crippen MR) is 80.7 cm³/mol. The molecule has 1 saturated heterocycles. The molecule has 0 amide bonds. The van der Waals surface area contributed by atoms with Gasteiger partial charge < -0.3 is 10.0 Å². The largest absolute Gasteiger partial charge is 0.389 e. The lowest BCUT2D eigenvalue weighted by atomic mass is 10.0. The molecule has 1 aliphatic heterocycles. The number of hydrogen-bond acceptors (Lipinski definition) is 3. The van der Waals surface area contributed by atoms with E-state index in [0.29, 0.717) is 17.2 Å². The summed E-state index contributed by atoms with van der Waals surface area (Å²) in [5.74, 6) is -0.245. The normalized spacial score (nSPS) is 22.1. The lowest BCUT2D eigenvalue weighted by Crippen LogP contribution is -2.52. The Morgan fingerprint density at radius 1 is 1.40 bits per heavy atom. The van der Waals surface area contributed by atoms with Crippen LogP contribution in [0.25, 0.3) is 0 Å². The number of aryl methyl sites for hydroxylation is 1. The van der Waals surface area contributed by atoms with E-state index in [0.717, 1.165) is 31.9 Å². The number of rotatable bonds is 3. The van der Waals surface area contributed by atoms with Crippen molar-refractivity contribution in [3.63, 3.8) is 0 Å². The van der Waals surface area contributed by atoms with Gasteiger partial charge in [-0.1, -0.05) is 6.92 Å². The summed E-state index contributed by atoms with van der Waals surface area (Å²) in [6.45, 7) is 11.8. The van der Waals surface area contributed by atoms with Crippen LogP contribution in [0.4, 0.5) is 10.1 Å². The molecule has 112 valence electrons. The lowest BCUT2D eigenvalue weighted by Gasteiger charge is -2.41. The zero-order valence-electron chi connectivity index (χ0n) is 12.9. The molecule has 3 nitrogen and oxygen atoms in total. The Labute approximate surface area is 121 Å². The van der Waals surface area contributed by atoms with E-state index in [-0.39, 0.29) is 5.82 Å². The van der Waals surface area contributed by atoms with Gasteiger partial charge in [-0.3, -0.25) is 4.90 Å². The fraction of sp³-hybridized carbons (Fsp3) is 0.625. The van der Waals surface area contributed by atoms with Crippen molar-refractivity contribution < 1.29 is 9.50 Å². The van der Waals surface area contributed by atoms with Crippen molar-refractivity contribution in [2.45, 2.75) is 39.8 Å². The highest BCUT2D eigenvalue weighted by molar-refractivity contribution is 5.57. The van der Waals surface area contributed by atoms with Gasteiger partial charge in [0, 0.05) is 36.9 Å².